The highest BCUT2D eigenvalue weighted by molar-refractivity contribution is 5.92. The Morgan fingerprint density at radius 3 is 2.75 bits per heavy atom. The summed E-state index contributed by atoms with van der Waals surface area (Å²) in [6, 6.07) is 4.34. The van der Waals surface area contributed by atoms with Gasteiger partial charge in [-0.1, -0.05) is 6.92 Å². The number of carbonyl (C=O) groups excluding carboxylic acids is 1. The largest absolute Gasteiger partial charge is 0.586 e. The number of nitrogens with one attached hydrogen (secondary N) is 2. The molecule has 1 heterocycles. The molecule has 0 bridgehead atoms. The molecule has 20 heavy (non-hydrogen) atoms. The lowest BCUT2D eigenvalue weighted by Gasteiger charge is -2.11. The number of ether oxygens (including phenoxy) is 2. The average Bonchev–Trinajstić information content (AvgIpc) is 2.69. The highest BCUT2D eigenvalue weighted by Gasteiger charge is 2.43. The summed E-state index contributed by atoms with van der Waals surface area (Å²) in [5.41, 5.74) is 0.376. The predicted molar refractivity (Wildman–Crippen MR) is 69.0 cm³/mol. The van der Waals surface area contributed by atoms with Gasteiger partial charge in [-0.05, 0) is 25.5 Å². The smallest absolute Gasteiger partial charge is 0.395 e. The van der Waals surface area contributed by atoms with Crippen molar-refractivity contribution in [2.75, 3.05) is 11.9 Å². The molecule has 1 aliphatic rings. The van der Waals surface area contributed by atoms with Gasteiger partial charge in [-0.15, -0.1) is 8.78 Å². The Bertz CT molecular complexity index is 508. The van der Waals surface area contributed by atoms with E-state index in [0.717, 1.165) is 6.42 Å². The van der Waals surface area contributed by atoms with Crippen LogP contribution in [0.15, 0.2) is 18.2 Å². The van der Waals surface area contributed by atoms with Crippen molar-refractivity contribution in [2.45, 2.75) is 32.6 Å². The molecule has 0 saturated carbocycles. The molecule has 0 aromatic heterocycles. The van der Waals surface area contributed by atoms with Crippen molar-refractivity contribution in [1.29, 1.82) is 0 Å². The van der Waals surface area contributed by atoms with Gasteiger partial charge < -0.3 is 20.1 Å². The van der Waals surface area contributed by atoms with Gasteiger partial charge in [0.1, 0.15) is 0 Å². The Kier molecular flexibility index (Phi) is 4.08. The van der Waals surface area contributed by atoms with Crippen molar-refractivity contribution in [2.24, 2.45) is 0 Å². The van der Waals surface area contributed by atoms with Gasteiger partial charge >= 0.3 is 6.29 Å². The van der Waals surface area contributed by atoms with E-state index in [0.29, 0.717) is 5.69 Å². The van der Waals surface area contributed by atoms with E-state index in [-0.39, 0.29) is 30.0 Å². The van der Waals surface area contributed by atoms with Crippen molar-refractivity contribution in [3.05, 3.63) is 18.2 Å². The third kappa shape index (κ3) is 3.57. The summed E-state index contributed by atoms with van der Waals surface area (Å²) in [6.07, 6.45) is -2.74. The Morgan fingerprint density at radius 2 is 2.05 bits per heavy atom. The lowest BCUT2D eigenvalue weighted by molar-refractivity contribution is -0.286. The molecule has 0 fully saturated rings. The number of hydrogen-bond acceptors (Lipinski definition) is 4. The number of halogens is 2. The minimum Gasteiger partial charge on any atom is -0.395 e. The second kappa shape index (κ2) is 5.62. The van der Waals surface area contributed by atoms with Gasteiger partial charge in [0.15, 0.2) is 11.5 Å². The summed E-state index contributed by atoms with van der Waals surface area (Å²) < 4.78 is 34.3. The maximum Gasteiger partial charge on any atom is 0.586 e. The number of amides is 1. The van der Waals surface area contributed by atoms with Crippen LogP contribution in [0.3, 0.4) is 0 Å². The molecule has 1 atom stereocenters. The molecule has 0 spiro atoms. The van der Waals surface area contributed by atoms with E-state index in [2.05, 4.69) is 20.1 Å². The van der Waals surface area contributed by atoms with E-state index in [1.165, 1.54) is 18.2 Å². The number of rotatable bonds is 5. The highest BCUT2D eigenvalue weighted by Crippen LogP contribution is 2.42. The minimum absolute atomic E-state index is 0.0503. The first-order valence-corrected chi connectivity index (χ1v) is 6.33. The molecular weight excluding hydrogens is 270 g/mol. The van der Waals surface area contributed by atoms with Gasteiger partial charge in [-0.25, -0.2) is 0 Å². The van der Waals surface area contributed by atoms with E-state index < -0.39 is 6.29 Å². The molecule has 7 heteroatoms. The fourth-order valence-electron chi connectivity index (χ4n) is 1.64. The van der Waals surface area contributed by atoms with Crippen molar-refractivity contribution < 1.29 is 23.0 Å². The number of carbonyl (C=O) groups is 1. The van der Waals surface area contributed by atoms with E-state index in [1.807, 2.05) is 13.8 Å². The first-order valence-electron chi connectivity index (χ1n) is 6.33. The summed E-state index contributed by atoms with van der Waals surface area (Å²) in [7, 11) is 0. The summed E-state index contributed by atoms with van der Waals surface area (Å²) >= 11 is 0. The molecule has 2 N–H and O–H groups in total. The van der Waals surface area contributed by atoms with Crippen LogP contribution in [0.4, 0.5) is 14.5 Å². The summed E-state index contributed by atoms with van der Waals surface area (Å²) in [4.78, 5) is 11.7. The van der Waals surface area contributed by atoms with Crippen LogP contribution in [0.25, 0.3) is 0 Å². The monoisotopic (exact) mass is 286 g/mol. The Morgan fingerprint density at radius 1 is 1.35 bits per heavy atom. The fraction of sp³-hybridized carbons (Fsp3) is 0.462. The Balaban J connectivity index is 1.93. The van der Waals surface area contributed by atoms with Gasteiger partial charge in [-0.3, -0.25) is 4.79 Å². The molecule has 1 aromatic rings. The molecular formula is C13H16F2N2O3. The predicted octanol–water partition coefficient (Wildman–Crippen LogP) is 2.33. The average molecular weight is 286 g/mol. The molecule has 1 aliphatic heterocycles. The maximum absolute atomic E-state index is 12.8. The van der Waals surface area contributed by atoms with Crippen molar-refractivity contribution >= 4 is 11.6 Å². The zero-order valence-corrected chi connectivity index (χ0v) is 11.2. The molecule has 2 rings (SSSR count). The zero-order chi connectivity index (χ0) is 14.8. The first-order chi connectivity index (χ1) is 9.39. The topological polar surface area (TPSA) is 59.6 Å². The SMILES string of the molecule is CCC(C)NCC(=O)Nc1ccc2c(c1)OC(F)(F)O2. The first kappa shape index (κ1) is 14.5. The van der Waals surface area contributed by atoms with Gasteiger partial charge in [-0.2, -0.15) is 0 Å². The van der Waals surface area contributed by atoms with Crippen LogP contribution in [0.2, 0.25) is 0 Å². The maximum atomic E-state index is 12.8. The lowest BCUT2D eigenvalue weighted by Crippen LogP contribution is -2.33. The number of anilines is 1. The van der Waals surface area contributed by atoms with E-state index in [9.17, 15) is 13.6 Å². The summed E-state index contributed by atoms with van der Waals surface area (Å²) in [5, 5.41) is 5.63. The fourth-order valence-corrected chi connectivity index (χ4v) is 1.64. The van der Waals surface area contributed by atoms with Crippen molar-refractivity contribution in [1.82, 2.24) is 5.32 Å². The number of benzene rings is 1. The van der Waals surface area contributed by atoms with E-state index >= 15 is 0 Å². The molecule has 1 unspecified atom stereocenters. The van der Waals surface area contributed by atoms with Gasteiger partial charge in [0.25, 0.3) is 0 Å². The molecule has 110 valence electrons. The van der Waals surface area contributed by atoms with Crippen molar-refractivity contribution in [3.8, 4) is 11.5 Å². The number of hydrogen-bond donors (Lipinski definition) is 2. The van der Waals surface area contributed by atoms with Crippen LogP contribution >= 0.6 is 0 Å². The minimum atomic E-state index is -3.65. The molecule has 0 aliphatic carbocycles. The van der Waals surface area contributed by atoms with Gasteiger partial charge in [0.2, 0.25) is 5.91 Å². The molecule has 0 radical (unpaired) electrons. The Labute approximate surface area is 115 Å². The summed E-state index contributed by atoms with van der Waals surface area (Å²) in [6.45, 7) is 4.13. The summed E-state index contributed by atoms with van der Waals surface area (Å²) in [5.74, 6) is -0.399. The van der Waals surface area contributed by atoms with Crippen LogP contribution < -0.4 is 20.1 Å². The highest BCUT2D eigenvalue weighted by atomic mass is 19.3. The Hall–Kier alpha value is -1.89. The normalized spacial score (nSPS) is 16.8. The third-order valence-corrected chi connectivity index (χ3v) is 2.91. The lowest BCUT2D eigenvalue weighted by atomic mass is 10.2. The number of fused-ring (bicyclic) bond motifs is 1. The van der Waals surface area contributed by atoms with Crippen LogP contribution in [0.5, 0.6) is 11.5 Å². The number of alkyl halides is 2. The second-order valence-electron chi connectivity index (χ2n) is 4.57. The van der Waals surface area contributed by atoms with E-state index in [4.69, 9.17) is 0 Å². The molecule has 1 amide bonds. The van der Waals surface area contributed by atoms with Crippen molar-refractivity contribution in [3.63, 3.8) is 0 Å². The molecule has 0 saturated heterocycles. The quantitative estimate of drug-likeness (QED) is 0.872. The van der Waals surface area contributed by atoms with E-state index in [1.54, 1.807) is 0 Å². The molecule has 5 nitrogen and oxygen atoms in total. The van der Waals surface area contributed by atoms with Gasteiger partial charge in [0.05, 0.1) is 6.54 Å². The van der Waals surface area contributed by atoms with Crippen LogP contribution in [-0.4, -0.2) is 24.8 Å². The van der Waals surface area contributed by atoms with Crippen LogP contribution in [-0.2, 0) is 4.79 Å². The van der Waals surface area contributed by atoms with Crippen LogP contribution in [0, 0.1) is 0 Å². The van der Waals surface area contributed by atoms with Crippen LogP contribution in [0.1, 0.15) is 20.3 Å². The zero-order valence-electron chi connectivity index (χ0n) is 11.2. The second-order valence-corrected chi connectivity index (χ2v) is 4.57. The van der Waals surface area contributed by atoms with Gasteiger partial charge in [0, 0.05) is 17.8 Å². The standard InChI is InChI=1S/C13H16F2N2O3/c1-3-8(2)16-7-12(18)17-9-4-5-10-11(6-9)20-13(14,15)19-10/h4-6,8,16H,3,7H2,1-2H3,(H,17,18). The molecule has 1 aromatic carbocycles. The third-order valence-electron chi connectivity index (χ3n) is 2.91.